The Morgan fingerprint density at radius 2 is 1.56 bits per heavy atom. The molecule has 2 aromatic carbocycles. The third-order valence-corrected chi connectivity index (χ3v) is 4.95. The van der Waals surface area contributed by atoms with E-state index in [0.29, 0.717) is 11.1 Å². The molecule has 32 heavy (non-hydrogen) atoms. The summed E-state index contributed by atoms with van der Waals surface area (Å²) in [4.78, 5) is 50.7. The minimum absolute atomic E-state index is 0.0955. The molecule has 1 unspecified atom stereocenters. The molecule has 1 saturated heterocycles. The average molecular weight is 436 g/mol. The van der Waals surface area contributed by atoms with Gasteiger partial charge in [0.25, 0.3) is 5.56 Å². The largest absolute Gasteiger partial charge is 0.459 e. The van der Waals surface area contributed by atoms with Crippen molar-refractivity contribution in [3.05, 3.63) is 105 Å². The number of nitrogens with one attached hydrogen (secondary N) is 1. The standard InChI is InChI=1S/C23H20N2O7/c26-19-11-12-25(23(29)24-19)20-18(32-22(28)16-9-5-2-6-10-16)13-17(31-20)14-30-21(27)15-7-3-1-4-8-15/h1-12,17-18,20H,13-14H2,(H,24,26,29)/t17-,18-,20?/m0/s1. The summed E-state index contributed by atoms with van der Waals surface area (Å²) in [5, 5.41) is 0. The van der Waals surface area contributed by atoms with Gasteiger partial charge in [0.15, 0.2) is 6.23 Å². The van der Waals surface area contributed by atoms with E-state index in [2.05, 4.69) is 4.98 Å². The molecule has 9 nitrogen and oxygen atoms in total. The molecule has 3 aromatic rings. The lowest BCUT2D eigenvalue weighted by molar-refractivity contribution is -0.0631. The molecule has 1 aromatic heterocycles. The van der Waals surface area contributed by atoms with E-state index in [9.17, 15) is 19.2 Å². The molecule has 4 rings (SSSR count). The van der Waals surface area contributed by atoms with Gasteiger partial charge in [0.1, 0.15) is 12.7 Å². The first kappa shape index (κ1) is 21.3. The van der Waals surface area contributed by atoms with Crippen molar-refractivity contribution >= 4 is 11.9 Å². The minimum Gasteiger partial charge on any atom is -0.459 e. The smallest absolute Gasteiger partial charge is 0.338 e. The van der Waals surface area contributed by atoms with Crippen molar-refractivity contribution in [2.24, 2.45) is 0 Å². The molecule has 164 valence electrons. The summed E-state index contributed by atoms with van der Waals surface area (Å²) < 4.78 is 18.0. The van der Waals surface area contributed by atoms with E-state index in [-0.39, 0.29) is 13.0 Å². The number of rotatable bonds is 6. The summed E-state index contributed by atoms with van der Waals surface area (Å²) in [7, 11) is 0. The normalized spacial score (nSPS) is 19.9. The number of aromatic nitrogens is 2. The second kappa shape index (κ2) is 9.44. The fourth-order valence-corrected chi connectivity index (χ4v) is 3.41. The Balaban J connectivity index is 1.50. The van der Waals surface area contributed by atoms with Gasteiger partial charge in [-0.15, -0.1) is 0 Å². The van der Waals surface area contributed by atoms with Crippen LogP contribution in [0.15, 0.2) is 82.5 Å². The number of esters is 2. The number of aromatic amines is 1. The molecule has 1 fully saturated rings. The summed E-state index contributed by atoms with van der Waals surface area (Å²) >= 11 is 0. The van der Waals surface area contributed by atoms with Gasteiger partial charge in [-0.05, 0) is 24.3 Å². The first-order valence-electron chi connectivity index (χ1n) is 9.96. The summed E-state index contributed by atoms with van der Waals surface area (Å²) in [5.41, 5.74) is -0.523. The first-order valence-corrected chi connectivity index (χ1v) is 9.96. The molecule has 0 saturated carbocycles. The second-order valence-electron chi connectivity index (χ2n) is 7.18. The van der Waals surface area contributed by atoms with Gasteiger partial charge >= 0.3 is 17.6 Å². The molecule has 2 heterocycles. The Hall–Kier alpha value is -3.98. The maximum atomic E-state index is 12.6. The predicted molar refractivity (Wildman–Crippen MR) is 112 cm³/mol. The minimum atomic E-state index is -0.993. The fraction of sp³-hybridized carbons (Fsp3) is 0.217. The maximum Gasteiger partial charge on any atom is 0.338 e. The Morgan fingerprint density at radius 1 is 0.938 bits per heavy atom. The van der Waals surface area contributed by atoms with E-state index in [1.165, 1.54) is 12.3 Å². The summed E-state index contributed by atoms with van der Waals surface area (Å²) in [6.07, 6.45) is -0.996. The zero-order chi connectivity index (χ0) is 22.5. The van der Waals surface area contributed by atoms with Crippen LogP contribution in [0, 0.1) is 0 Å². The summed E-state index contributed by atoms with van der Waals surface area (Å²) in [6.45, 7) is -0.0955. The van der Waals surface area contributed by atoms with E-state index in [1.807, 2.05) is 0 Å². The van der Waals surface area contributed by atoms with Crippen LogP contribution < -0.4 is 11.2 Å². The van der Waals surface area contributed by atoms with Gasteiger partial charge in [0.05, 0.1) is 17.2 Å². The monoisotopic (exact) mass is 436 g/mol. The van der Waals surface area contributed by atoms with Gasteiger partial charge < -0.3 is 14.2 Å². The second-order valence-corrected chi connectivity index (χ2v) is 7.18. The van der Waals surface area contributed by atoms with Crippen LogP contribution in [0.4, 0.5) is 0 Å². The molecule has 9 heteroatoms. The number of nitrogens with zero attached hydrogens (tertiary/aromatic N) is 1. The van der Waals surface area contributed by atoms with Crippen molar-refractivity contribution in [2.45, 2.75) is 24.9 Å². The molecular formula is C23H20N2O7. The number of hydrogen-bond donors (Lipinski definition) is 1. The SMILES string of the molecule is O=C(OC[C@@H]1C[C@H](OC(=O)c2ccccc2)C(n2ccc(=O)[nH]c2=O)O1)c1ccccc1. The Kier molecular flexibility index (Phi) is 6.27. The van der Waals surface area contributed by atoms with Crippen LogP contribution in [-0.4, -0.2) is 40.3 Å². The molecule has 3 atom stereocenters. The van der Waals surface area contributed by atoms with Crippen molar-refractivity contribution in [1.29, 1.82) is 0 Å². The highest BCUT2D eigenvalue weighted by Gasteiger charge is 2.40. The first-order chi connectivity index (χ1) is 15.5. The van der Waals surface area contributed by atoms with Gasteiger partial charge in [0.2, 0.25) is 0 Å². The molecule has 1 aliphatic heterocycles. The van der Waals surface area contributed by atoms with Crippen LogP contribution in [0.2, 0.25) is 0 Å². The molecular weight excluding hydrogens is 416 g/mol. The number of carbonyl (C=O) groups excluding carboxylic acids is 2. The fourth-order valence-electron chi connectivity index (χ4n) is 3.41. The highest BCUT2D eigenvalue weighted by molar-refractivity contribution is 5.89. The lowest BCUT2D eigenvalue weighted by Crippen LogP contribution is -2.36. The van der Waals surface area contributed by atoms with E-state index in [1.54, 1.807) is 60.7 Å². The van der Waals surface area contributed by atoms with E-state index >= 15 is 0 Å². The van der Waals surface area contributed by atoms with E-state index in [0.717, 1.165) is 4.57 Å². The van der Waals surface area contributed by atoms with Crippen LogP contribution >= 0.6 is 0 Å². The van der Waals surface area contributed by atoms with E-state index < -0.39 is 41.6 Å². The molecule has 0 amide bonds. The van der Waals surface area contributed by atoms with Crippen molar-refractivity contribution in [3.63, 3.8) is 0 Å². The average Bonchev–Trinajstić information content (AvgIpc) is 3.20. The Labute approximate surface area is 182 Å². The van der Waals surface area contributed by atoms with Gasteiger partial charge in [-0.25, -0.2) is 14.4 Å². The third-order valence-electron chi connectivity index (χ3n) is 4.95. The molecule has 1 aliphatic rings. The summed E-state index contributed by atoms with van der Waals surface area (Å²) in [5.74, 6) is -1.10. The Morgan fingerprint density at radius 3 is 2.19 bits per heavy atom. The van der Waals surface area contributed by atoms with Crippen LogP contribution in [0.25, 0.3) is 0 Å². The van der Waals surface area contributed by atoms with Crippen molar-refractivity contribution in [2.75, 3.05) is 6.61 Å². The highest BCUT2D eigenvalue weighted by atomic mass is 16.6. The van der Waals surface area contributed by atoms with Crippen molar-refractivity contribution in [3.8, 4) is 0 Å². The van der Waals surface area contributed by atoms with Crippen LogP contribution in [0.3, 0.4) is 0 Å². The van der Waals surface area contributed by atoms with Gasteiger partial charge in [-0.2, -0.15) is 0 Å². The van der Waals surface area contributed by atoms with Gasteiger partial charge in [-0.1, -0.05) is 36.4 Å². The van der Waals surface area contributed by atoms with Crippen molar-refractivity contribution < 1.29 is 23.8 Å². The molecule has 1 N–H and O–H groups in total. The lowest BCUT2D eigenvalue weighted by Gasteiger charge is -2.20. The third kappa shape index (κ3) is 4.84. The zero-order valence-electron chi connectivity index (χ0n) is 16.9. The quantitative estimate of drug-likeness (QED) is 0.587. The lowest BCUT2D eigenvalue weighted by atomic mass is 10.2. The number of carbonyl (C=O) groups is 2. The topological polar surface area (TPSA) is 117 Å². The van der Waals surface area contributed by atoms with Crippen LogP contribution in [-0.2, 0) is 14.2 Å². The number of ether oxygens (including phenoxy) is 3. The van der Waals surface area contributed by atoms with Crippen LogP contribution in [0.5, 0.6) is 0 Å². The molecule has 0 spiro atoms. The predicted octanol–water partition coefficient (Wildman–Crippen LogP) is 1.91. The number of benzene rings is 2. The van der Waals surface area contributed by atoms with Crippen molar-refractivity contribution in [1.82, 2.24) is 9.55 Å². The molecule has 0 radical (unpaired) electrons. The molecule has 0 bridgehead atoms. The maximum absolute atomic E-state index is 12.6. The summed E-state index contributed by atoms with van der Waals surface area (Å²) in [6, 6.07) is 18.1. The molecule has 0 aliphatic carbocycles. The number of H-pyrrole nitrogens is 1. The van der Waals surface area contributed by atoms with Gasteiger partial charge in [0, 0.05) is 18.7 Å². The van der Waals surface area contributed by atoms with Gasteiger partial charge in [-0.3, -0.25) is 14.3 Å². The highest BCUT2D eigenvalue weighted by Crippen LogP contribution is 2.31. The zero-order valence-corrected chi connectivity index (χ0v) is 16.9. The Bertz CT molecular complexity index is 1200. The number of hydrogen-bond acceptors (Lipinski definition) is 7. The van der Waals surface area contributed by atoms with E-state index in [4.69, 9.17) is 14.2 Å². The van der Waals surface area contributed by atoms with Crippen LogP contribution in [0.1, 0.15) is 33.4 Å².